The third-order valence-corrected chi connectivity index (χ3v) is 6.48. The summed E-state index contributed by atoms with van der Waals surface area (Å²) in [5, 5.41) is 0.872. The van der Waals surface area contributed by atoms with Crippen LogP contribution >= 0.6 is 22.9 Å². The SMILES string of the molecule is CCCCN(Cc1nc(-c2ccccc2)sc1Cl)C(=O)c1ccccc1-n1cccc1. The molecule has 4 nitrogen and oxygen atoms in total. The first kappa shape index (κ1) is 21.3. The van der Waals surface area contributed by atoms with Crippen LogP contribution in [0.1, 0.15) is 35.8 Å². The van der Waals surface area contributed by atoms with Crippen LogP contribution in [0.25, 0.3) is 16.3 Å². The second kappa shape index (κ2) is 9.94. The van der Waals surface area contributed by atoms with Gasteiger partial charge < -0.3 is 9.47 Å². The molecule has 0 atom stereocenters. The molecule has 0 bridgehead atoms. The summed E-state index contributed by atoms with van der Waals surface area (Å²) < 4.78 is 2.60. The summed E-state index contributed by atoms with van der Waals surface area (Å²) in [5.41, 5.74) is 3.32. The number of carbonyl (C=O) groups is 1. The highest BCUT2D eigenvalue weighted by Crippen LogP contribution is 2.32. The van der Waals surface area contributed by atoms with E-state index >= 15 is 0 Å². The fourth-order valence-corrected chi connectivity index (χ4v) is 4.59. The van der Waals surface area contributed by atoms with E-state index in [0.717, 1.165) is 34.8 Å². The molecule has 4 aromatic rings. The van der Waals surface area contributed by atoms with Gasteiger partial charge in [0, 0.05) is 24.5 Å². The fraction of sp³-hybridized carbons (Fsp3) is 0.200. The molecule has 0 saturated heterocycles. The van der Waals surface area contributed by atoms with E-state index in [9.17, 15) is 4.79 Å². The number of para-hydroxylation sites is 1. The molecule has 0 radical (unpaired) electrons. The molecule has 31 heavy (non-hydrogen) atoms. The zero-order valence-electron chi connectivity index (χ0n) is 17.4. The van der Waals surface area contributed by atoms with Crippen LogP contribution < -0.4 is 0 Å². The van der Waals surface area contributed by atoms with Crippen molar-refractivity contribution in [3.05, 3.63) is 94.7 Å². The molecular weight excluding hydrogens is 426 g/mol. The molecule has 2 heterocycles. The molecule has 2 aromatic carbocycles. The van der Waals surface area contributed by atoms with Gasteiger partial charge in [0.15, 0.2) is 0 Å². The van der Waals surface area contributed by atoms with Crippen molar-refractivity contribution in [1.29, 1.82) is 0 Å². The number of thiazole rings is 1. The Morgan fingerprint density at radius 3 is 2.48 bits per heavy atom. The molecule has 1 amide bonds. The maximum absolute atomic E-state index is 13.6. The number of amides is 1. The maximum atomic E-state index is 13.6. The van der Waals surface area contributed by atoms with Gasteiger partial charge in [-0.1, -0.05) is 67.4 Å². The van der Waals surface area contributed by atoms with E-state index < -0.39 is 0 Å². The van der Waals surface area contributed by atoms with Crippen LogP contribution in [-0.4, -0.2) is 26.9 Å². The van der Waals surface area contributed by atoms with Crippen molar-refractivity contribution in [2.75, 3.05) is 6.54 Å². The van der Waals surface area contributed by atoms with E-state index in [2.05, 4.69) is 6.92 Å². The van der Waals surface area contributed by atoms with Crippen LogP contribution in [0.2, 0.25) is 4.34 Å². The van der Waals surface area contributed by atoms with Crippen LogP contribution in [0.4, 0.5) is 0 Å². The topological polar surface area (TPSA) is 38.1 Å². The van der Waals surface area contributed by atoms with Crippen LogP contribution in [-0.2, 0) is 6.54 Å². The van der Waals surface area contributed by atoms with E-state index in [4.69, 9.17) is 16.6 Å². The largest absolute Gasteiger partial charge is 0.333 e. The maximum Gasteiger partial charge on any atom is 0.256 e. The molecule has 4 rings (SSSR count). The van der Waals surface area contributed by atoms with Crippen molar-refractivity contribution < 1.29 is 4.79 Å². The number of unbranched alkanes of at least 4 members (excludes halogenated alkanes) is 1. The highest BCUT2D eigenvalue weighted by Gasteiger charge is 2.22. The molecule has 0 fully saturated rings. The van der Waals surface area contributed by atoms with Crippen LogP contribution in [0.3, 0.4) is 0 Å². The molecule has 0 saturated carbocycles. The zero-order valence-corrected chi connectivity index (χ0v) is 18.9. The molecule has 0 N–H and O–H groups in total. The van der Waals surface area contributed by atoms with Gasteiger partial charge in [0.25, 0.3) is 5.91 Å². The minimum absolute atomic E-state index is 0.0110. The molecule has 6 heteroatoms. The third kappa shape index (κ3) is 4.89. The quantitative estimate of drug-likeness (QED) is 0.300. The number of nitrogens with zero attached hydrogens (tertiary/aromatic N) is 3. The lowest BCUT2D eigenvalue weighted by molar-refractivity contribution is 0.0739. The highest BCUT2D eigenvalue weighted by molar-refractivity contribution is 7.19. The molecule has 0 unspecified atom stereocenters. The van der Waals surface area contributed by atoms with Crippen molar-refractivity contribution in [1.82, 2.24) is 14.5 Å². The standard InChI is InChI=1S/C25H24ClN3OS/c1-2-3-15-29(18-21-23(26)31-24(27-21)19-11-5-4-6-12-19)25(30)20-13-7-8-14-22(20)28-16-9-10-17-28/h4-14,16-17H,2-3,15,18H2,1H3. The summed E-state index contributed by atoms with van der Waals surface area (Å²) in [6.45, 7) is 3.17. The summed E-state index contributed by atoms with van der Waals surface area (Å²) in [4.78, 5) is 20.2. The summed E-state index contributed by atoms with van der Waals surface area (Å²) in [5.74, 6) is -0.0110. The molecule has 0 aliphatic rings. The smallest absolute Gasteiger partial charge is 0.256 e. The first-order valence-corrected chi connectivity index (χ1v) is 11.6. The Balaban J connectivity index is 1.64. The Hall–Kier alpha value is -2.89. The lowest BCUT2D eigenvalue weighted by atomic mass is 10.1. The minimum Gasteiger partial charge on any atom is -0.333 e. The minimum atomic E-state index is -0.0110. The summed E-state index contributed by atoms with van der Waals surface area (Å²) >= 11 is 8.00. The van der Waals surface area contributed by atoms with Crippen LogP contribution in [0, 0.1) is 0 Å². The van der Waals surface area contributed by atoms with Crippen molar-refractivity contribution >= 4 is 28.8 Å². The van der Waals surface area contributed by atoms with E-state index in [1.807, 2.05) is 88.6 Å². The zero-order chi connectivity index (χ0) is 21.6. The van der Waals surface area contributed by atoms with Crippen molar-refractivity contribution in [3.8, 4) is 16.3 Å². The highest BCUT2D eigenvalue weighted by atomic mass is 35.5. The Morgan fingerprint density at radius 1 is 1.03 bits per heavy atom. The predicted molar refractivity (Wildman–Crippen MR) is 128 cm³/mol. The van der Waals surface area contributed by atoms with Crippen molar-refractivity contribution in [3.63, 3.8) is 0 Å². The van der Waals surface area contributed by atoms with Gasteiger partial charge in [-0.3, -0.25) is 4.79 Å². The average molecular weight is 450 g/mol. The summed E-state index contributed by atoms with van der Waals surface area (Å²) in [7, 11) is 0. The lowest BCUT2D eigenvalue weighted by Gasteiger charge is -2.23. The van der Waals surface area contributed by atoms with Crippen LogP contribution in [0.15, 0.2) is 79.1 Å². The van der Waals surface area contributed by atoms with Crippen LogP contribution in [0.5, 0.6) is 0 Å². The average Bonchev–Trinajstić information content (AvgIpc) is 3.47. The Labute approximate surface area is 191 Å². The number of benzene rings is 2. The van der Waals surface area contributed by atoms with Gasteiger partial charge in [-0.05, 0) is 30.7 Å². The molecule has 0 spiro atoms. The number of hydrogen-bond donors (Lipinski definition) is 0. The number of aromatic nitrogens is 2. The predicted octanol–water partition coefficient (Wildman–Crippen LogP) is 6.70. The van der Waals surface area contributed by atoms with Gasteiger partial charge in [0.1, 0.15) is 9.34 Å². The van der Waals surface area contributed by atoms with Gasteiger partial charge in [0.2, 0.25) is 0 Å². The van der Waals surface area contributed by atoms with Gasteiger partial charge >= 0.3 is 0 Å². The number of hydrogen-bond acceptors (Lipinski definition) is 3. The van der Waals surface area contributed by atoms with Gasteiger partial charge in [-0.15, -0.1) is 11.3 Å². The number of carbonyl (C=O) groups excluding carboxylic acids is 1. The van der Waals surface area contributed by atoms with Crippen molar-refractivity contribution in [2.45, 2.75) is 26.3 Å². The summed E-state index contributed by atoms with van der Waals surface area (Å²) in [6, 6.07) is 21.6. The molecular formula is C25H24ClN3OS. The fourth-order valence-electron chi connectivity index (χ4n) is 3.46. The Kier molecular flexibility index (Phi) is 6.85. The normalized spacial score (nSPS) is 10.9. The Morgan fingerprint density at radius 2 is 1.74 bits per heavy atom. The van der Waals surface area contributed by atoms with Gasteiger partial charge in [0.05, 0.1) is 23.5 Å². The van der Waals surface area contributed by atoms with Gasteiger partial charge in [-0.25, -0.2) is 4.98 Å². The second-order valence-electron chi connectivity index (χ2n) is 7.29. The summed E-state index contributed by atoms with van der Waals surface area (Å²) in [6.07, 6.45) is 5.83. The van der Waals surface area contributed by atoms with Gasteiger partial charge in [-0.2, -0.15) is 0 Å². The lowest BCUT2D eigenvalue weighted by Crippen LogP contribution is -2.32. The molecule has 0 aliphatic heterocycles. The monoisotopic (exact) mass is 449 g/mol. The third-order valence-electron chi connectivity index (χ3n) is 5.10. The molecule has 0 aliphatic carbocycles. The van der Waals surface area contributed by atoms with E-state index in [0.29, 0.717) is 23.0 Å². The van der Waals surface area contributed by atoms with E-state index in [1.165, 1.54) is 11.3 Å². The number of rotatable bonds is 8. The molecule has 158 valence electrons. The first-order valence-electron chi connectivity index (χ1n) is 10.4. The van der Waals surface area contributed by atoms with E-state index in [1.54, 1.807) is 0 Å². The second-order valence-corrected chi connectivity index (χ2v) is 8.89. The molecule has 2 aromatic heterocycles. The van der Waals surface area contributed by atoms with Crippen molar-refractivity contribution in [2.24, 2.45) is 0 Å². The number of halogens is 1. The van der Waals surface area contributed by atoms with E-state index in [-0.39, 0.29) is 5.91 Å². The Bertz CT molecular complexity index is 1140. The first-order chi connectivity index (χ1) is 15.2.